The van der Waals surface area contributed by atoms with Crippen molar-refractivity contribution >= 4 is 27.3 Å². The molecule has 3 rings (SSSR count). The van der Waals surface area contributed by atoms with Crippen LogP contribution in [0.15, 0.2) is 49.7 Å². The van der Waals surface area contributed by atoms with Gasteiger partial charge in [0.2, 0.25) is 10.0 Å². The topological polar surface area (TPSA) is 112 Å². The number of carbonyl (C=O) groups excluding carboxylic acids is 1. The summed E-state index contributed by atoms with van der Waals surface area (Å²) < 4.78 is 42.5. The Hall–Kier alpha value is -2.43. The zero-order valence-electron chi connectivity index (χ0n) is 13.8. The van der Waals surface area contributed by atoms with E-state index in [0.717, 1.165) is 11.3 Å². The number of ether oxygens (including phenoxy) is 1. The molecule has 0 amide bonds. The van der Waals surface area contributed by atoms with Gasteiger partial charge in [-0.05, 0) is 31.2 Å². The van der Waals surface area contributed by atoms with Gasteiger partial charge < -0.3 is 13.7 Å². The molecule has 0 aliphatic heterocycles. The number of sulfonamides is 1. The molecule has 26 heavy (non-hydrogen) atoms. The predicted molar refractivity (Wildman–Crippen MR) is 93.4 cm³/mol. The van der Waals surface area contributed by atoms with Crippen LogP contribution >= 0.6 is 11.3 Å². The van der Waals surface area contributed by atoms with Crippen LogP contribution in [0.3, 0.4) is 0 Å². The molecule has 0 radical (unpaired) electrons. The van der Waals surface area contributed by atoms with Crippen molar-refractivity contribution in [1.82, 2.24) is 9.88 Å². The lowest BCUT2D eigenvalue weighted by Crippen LogP contribution is -2.25. The van der Waals surface area contributed by atoms with Crippen molar-refractivity contribution < 1.29 is 26.9 Å². The van der Waals surface area contributed by atoms with Gasteiger partial charge in [-0.1, -0.05) is 5.16 Å². The molecule has 0 atom stereocenters. The second-order valence-electron chi connectivity index (χ2n) is 5.14. The molecule has 10 heteroatoms. The monoisotopic (exact) mass is 396 g/mol. The summed E-state index contributed by atoms with van der Waals surface area (Å²) in [6.07, 6.45) is 1.99. The molecule has 0 aromatic carbocycles. The quantitative estimate of drug-likeness (QED) is 0.583. The molecule has 0 unspecified atom stereocenters. The minimum absolute atomic E-state index is 0.0382. The van der Waals surface area contributed by atoms with E-state index >= 15 is 0 Å². The number of nitrogens with zero attached hydrogens (tertiary/aromatic N) is 1. The third kappa shape index (κ3) is 4.21. The minimum atomic E-state index is -3.65. The molecule has 8 nitrogen and oxygen atoms in total. The summed E-state index contributed by atoms with van der Waals surface area (Å²) >= 11 is 1.02. The number of carbonyl (C=O) groups is 1. The van der Waals surface area contributed by atoms with Gasteiger partial charge in [-0.15, -0.1) is 11.3 Å². The Morgan fingerprint density at radius 3 is 2.92 bits per heavy atom. The van der Waals surface area contributed by atoms with Crippen LogP contribution in [0, 0.1) is 0 Å². The summed E-state index contributed by atoms with van der Waals surface area (Å²) in [5.74, 6) is 0.411. The fourth-order valence-electron chi connectivity index (χ4n) is 2.12. The normalized spacial score (nSPS) is 11.6. The lowest BCUT2D eigenvalue weighted by atomic mass is 10.3. The molecule has 3 aromatic rings. The number of esters is 1. The molecule has 0 bridgehead atoms. The molecule has 0 aliphatic rings. The van der Waals surface area contributed by atoms with E-state index in [4.69, 9.17) is 13.7 Å². The maximum Gasteiger partial charge on any atom is 0.360 e. The van der Waals surface area contributed by atoms with E-state index in [-0.39, 0.29) is 23.1 Å². The van der Waals surface area contributed by atoms with Crippen LogP contribution < -0.4 is 4.72 Å². The highest BCUT2D eigenvalue weighted by Gasteiger charge is 2.20. The van der Waals surface area contributed by atoms with Crippen LogP contribution in [-0.2, 0) is 21.2 Å². The van der Waals surface area contributed by atoms with Crippen LogP contribution in [0.4, 0.5) is 0 Å². The largest absolute Gasteiger partial charge is 0.469 e. The van der Waals surface area contributed by atoms with Crippen molar-refractivity contribution in [2.75, 3.05) is 13.2 Å². The van der Waals surface area contributed by atoms with Gasteiger partial charge in [-0.2, -0.15) is 0 Å². The van der Waals surface area contributed by atoms with Gasteiger partial charge in [0.25, 0.3) is 0 Å². The first-order chi connectivity index (χ1) is 12.5. The zero-order chi connectivity index (χ0) is 18.6. The standard InChI is InChI=1S/C16H16N2O6S2/c1-2-22-16(19)12-10-13(24-18-12)14-5-6-15(25-14)26(20,21)17-8-7-11-4-3-9-23-11/h3-6,9-10,17H,2,7-8H2,1H3. The Kier molecular flexibility index (Phi) is 5.55. The Labute approximate surface area is 153 Å². The fraction of sp³-hybridized carbons (Fsp3) is 0.250. The lowest BCUT2D eigenvalue weighted by Gasteiger charge is -2.03. The number of thiophene rings is 1. The van der Waals surface area contributed by atoms with Gasteiger partial charge in [0.1, 0.15) is 9.97 Å². The van der Waals surface area contributed by atoms with E-state index < -0.39 is 16.0 Å². The van der Waals surface area contributed by atoms with Crippen LogP contribution in [0.2, 0.25) is 0 Å². The first kappa shape index (κ1) is 18.4. The number of hydrogen-bond acceptors (Lipinski definition) is 8. The van der Waals surface area contributed by atoms with Crippen molar-refractivity contribution in [3.8, 4) is 10.6 Å². The number of hydrogen-bond donors (Lipinski definition) is 1. The minimum Gasteiger partial charge on any atom is -0.469 e. The summed E-state index contributed by atoms with van der Waals surface area (Å²) in [5.41, 5.74) is 0.0382. The van der Waals surface area contributed by atoms with Crippen molar-refractivity contribution in [2.45, 2.75) is 17.6 Å². The van der Waals surface area contributed by atoms with E-state index in [0.29, 0.717) is 22.8 Å². The van der Waals surface area contributed by atoms with Gasteiger partial charge in [0, 0.05) is 19.0 Å². The van der Waals surface area contributed by atoms with E-state index in [2.05, 4.69) is 9.88 Å². The predicted octanol–water partition coefficient (Wildman–Crippen LogP) is 2.69. The molecule has 3 aromatic heterocycles. The van der Waals surface area contributed by atoms with Gasteiger partial charge in [-0.3, -0.25) is 0 Å². The first-order valence-corrected chi connectivity index (χ1v) is 10.1. The third-order valence-electron chi connectivity index (χ3n) is 3.33. The fourth-order valence-corrected chi connectivity index (χ4v) is 4.46. The summed E-state index contributed by atoms with van der Waals surface area (Å²) in [6.45, 7) is 2.14. The molecular formula is C16H16N2O6S2. The maximum absolute atomic E-state index is 12.4. The Bertz CT molecular complexity index is 972. The van der Waals surface area contributed by atoms with Crippen LogP contribution in [-0.4, -0.2) is 32.7 Å². The number of furan rings is 1. The van der Waals surface area contributed by atoms with Crippen LogP contribution in [0.25, 0.3) is 10.6 Å². The highest BCUT2D eigenvalue weighted by molar-refractivity contribution is 7.91. The molecule has 3 heterocycles. The molecule has 0 saturated carbocycles. The maximum atomic E-state index is 12.4. The number of aromatic nitrogens is 1. The summed E-state index contributed by atoms with van der Waals surface area (Å²) in [5, 5.41) is 3.64. The molecule has 1 N–H and O–H groups in total. The van der Waals surface area contributed by atoms with Crippen molar-refractivity contribution in [3.05, 3.63) is 48.0 Å². The number of rotatable bonds is 8. The highest BCUT2D eigenvalue weighted by atomic mass is 32.2. The highest BCUT2D eigenvalue weighted by Crippen LogP contribution is 2.31. The first-order valence-electron chi connectivity index (χ1n) is 7.75. The molecule has 0 fully saturated rings. The van der Waals surface area contributed by atoms with Gasteiger partial charge in [-0.25, -0.2) is 17.9 Å². The molecule has 0 aliphatic carbocycles. The molecule has 138 valence electrons. The third-order valence-corrected chi connectivity index (χ3v) is 6.38. The average Bonchev–Trinajstić information content (AvgIpc) is 3.35. The second kappa shape index (κ2) is 7.85. The van der Waals surface area contributed by atoms with Crippen molar-refractivity contribution in [3.63, 3.8) is 0 Å². The smallest absolute Gasteiger partial charge is 0.360 e. The summed E-state index contributed by atoms with van der Waals surface area (Å²) in [4.78, 5) is 12.2. The van der Waals surface area contributed by atoms with E-state index in [1.54, 1.807) is 25.1 Å². The summed E-state index contributed by atoms with van der Waals surface area (Å²) in [7, 11) is -3.65. The summed E-state index contributed by atoms with van der Waals surface area (Å²) in [6, 6.07) is 8.02. The van der Waals surface area contributed by atoms with Crippen LogP contribution in [0.1, 0.15) is 23.2 Å². The molecule has 0 spiro atoms. The van der Waals surface area contributed by atoms with E-state index in [1.165, 1.54) is 18.4 Å². The Morgan fingerprint density at radius 1 is 1.35 bits per heavy atom. The SMILES string of the molecule is CCOC(=O)c1cc(-c2ccc(S(=O)(=O)NCCc3ccco3)s2)on1. The van der Waals surface area contributed by atoms with Gasteiger partial charge in [0.05, 0.1) is 17.7 Å². The van der Waals surface area contributed by atoms with Crippen molar-refractivity contribution in [2.24, 2.45) is 0 Å². The van der Waals surface area contributed by atoms with Crippen molar-refractivity contribution in [1.29, 1.82) is 0 Å². The van der Waals surface area contributed by atoms with Crippen LogP contribution in [0.5, 0.6) is 0 Å². The van der Waals surface area contributed by atoms with E-state index in [1.807, 2.05) is 0 Å². The van der Waals surface area contributed by atoms with Gasteiger partial charge >= 0.3 is 5.97 Å². The Morgan fingerprint density at radius 2 is 2.19 bits per heavy atom. The Balaban J connectivity index is 1.67. The lowest BCUT2D eigenvalue weighted by molar-refractivity contribution is 0.0514. The van der Waals surface area contributed by atoms with Gasteiger partial charge in [0.15, 0.2) is 11.5 Å². The second-order valence-corrected chi connectivity index (χ2v) is 8.22. The van der Waals surface area contributed by atoms with E-state index in [9.17, 15) is 13.2 Å². The average molecular weight is 396 g/mol. The number of nitrogens with one attached hydrogen (secondary N) is 1. The zero-order valence-corrected chi connectivity index (χ0v) is 15.4. The molecular weight excluding hydrogens is 380 g/mol. The molecule has 0 saturated heterocycles.